The molecule has 0 aliphatic rings. The highest BCUT2D eigenvalue weighted by Gasteiger charge is 2.05. The fraction of sp³-hybridized carbons (Fsp3) is 0.977. The van der Waals surface area contributed by atoms with Crippen molar-refractivity contribution < 1.29 is 29.8 Å². The number of aliphatic hydroxyl groups excluding tert-OH is 2. The maximum atomic E-state index is 10.3. The van der Waals surface area contributed by atoms with Gasteiger partial charge in [-0.1, -0.05) is 231 Å². The molecule has 3 N–H and O–H groups in total. The van der Waals surface area contributed by atoms with Crippen molar-refractivity contribution in [2.45, 2.75) is 245 Å². The van der Waals surface area contributed by atoms with Gasteiger partial charge in [-0.05, 0) is 12.8 Å². The molecule has 0 aromatic rings. The van der Waals surface area contributed by atoms with Crippen LogP contribution in [0.15, 0.2) is 0 Å². The molecule has 0 saturated heterocycles. The zero-order valence-corrected chi connectivity index (χ0v) is 34.5. The van der Waals surface area contributed by atoms with Gasteiger partial charge < -0.3 is 15.3 Å². The molecular formula is C44H91NO6. The second-order valence-corrected chi connectivity index (χ2v) is 15.0. The molecule has 0 atom stereocenters. The lowest BCUT2D eigenvalue weighted by molar-refractivity contribution is -0.371. The molecule has 0 aliphatic heterocycles. The van der Waals surface area contributed by atoms with Gasteiger partial charge in [0, 0.05) is 6.42 Å². The third-order valence-corrected chi connectivity index (χ3v) is 9.84. The van der Waals surface area contributed by atoms with E-state index in [4.69, 9.17) is 25.0 Å². The van der Waals surface area contributed by atoms with E-state index in [9.17, 15) is 4.79 Å². The van der Waals surface area contributed by atoms with E-state index in [-0.39, 0.29) is 26.4 Å². The number of hydrogen-bond donors (Lipinski definition) is 3. The molecule has 308 valence electrons. The van der Waals surface area contributed by atoms with Crippen molar-refractivity contribution in [2.24, 2.45) is 0 Å². The first kappa shape index (κ1) is 52.4. The summed E-state index contributed by atoms with van der Waals surface area (Å²) in [5, 5.41) is 27.6. The van der Waals surface area contributed by atoms with E-state index in [1.165, 1.54) is 211 Å². The number of carboxylic acids is 1. The van der Waals surface area contributed by atoms with Crippen LogP contribution in [0.4, 0.5) is 0 Å². The molecule has 0 radical (unpaired) electrons. The summed E-state index contributed by atoms with van der Waals surface area (Å²) in [4.78, 5) is 20.9. The smallest absolute Gasteiger partial charge is 0.303 e. The number of hydroxylamine groups is 2. The van der Waals surface area contributed by atoms with Crippen LogP contribution in [0.2, 0.25) is 0 Å². The lowest BCUT2D eigenvalue weighted by atomic mass is 10.0. The average Bonchev–Trinajstić information content (AvgIpc) is 3.13. The number of aliphatic hydroxyl groups is 2. The molecule has 0 bridgehead atoms. The molecule has 51 heavy (non-hydrogen) atoms. The molecule has 0 aliphatic carbocycles. The summed E-state index contributed by atoms with van der Waals surface area (Å²) in [5.41, 5.74) is 0. The molecule has 0 heterocycles. The zero-order chi connectivity index (χ0) is 37.6. The van der Waals surface area contributed by atoms with Crippen LogP contribution in [-0.4, -0.2) is 59.5 Å². The third kappa shape index (κ3) is 51.4. The van der Waals surface area contributed by atoms with E-state index in [0.717, 1.165) is 19.3 Å². The quantitative estimate of drug-likeness (QED) is 0.0424. The number of carbonyl (C=O) groups is 1. The molecule has 7 nitrogen and oxygen atoms in total. The highest BCUT2D eigenvalue weighted by atomic mass is 16.9. The Bertz CT molecular complexity index is 614. The van der Waals surface area contributed by atoms with Gasteiger partial charge in [0.05, 0.1) is 33.0 Å². The lowest BCUT2D eigenvalue weighted by Gasteiger charge is -2.20. The standard InChI is InChI=1S/C26H55NO4.C18H36O2/c1-2-3-4-5-6-7-8-9-10-11-12-13-14-15-16-17-18-19-20-21-22-27(30-25-23-28)31-26-24-29;1-2-3-4-5-6-7-8-9-10-11-12-13-14-15-16-17-18(19)20/h28-29H,2-26H2,1H3;2-17H2,1H3,(H,19,20). The van der Waals surface area contributed by atoms with E-state index in [0.29, 0.717) is 13.0 Å². The molecule has 0 saturated carbocycles. The SMILES string of the molecule is CCCCCCCCCCCCCCCCCC(=O)O.CCCCCCCCCCCCCCCCCCCCCCN(OCCO)OCCO. The Morgan fingerprint density at radius 3 is 0.863 bits per heavy atom. The Labute approximate surface area is 318 Å². The van der Waals surface area contributed by atoms with Crippen molar-refractivity contribution in [2.75, 3.05) is 33.0 Å². The molecule has 0 fully saturated rings. The van der Waals surface area contributed by atoms with Gasteiger partial charge in [-0.25, -0.2) is 0 Å². The van der Waals surface area contributed by atoms with Crippen LogP contribution in [0.25, 0.3) is 0 Å². The Hall–Kier alpha value is -0.730. The Morgan fingerprint density at radius 2 is 0.627 bits per heavy atom. The average molecular weight is 730 g/mol. The topological polar surface area (TPSA) is 99.5 Å². The maximum absolute atomic E-state index is 10.3. The predicted molar refractivity (Wildman–Crippen MR) is 218 cm³/mol. The summed E-state index contributed by atoms with van der Waals surface area (Å²) in [6.07, 6.45) is 47.7. The van der Waals surface area contributed by atoms with E-state index in [2.05, 4.69) is 13.8 Å². The van der Waals surface area contributed by atoms with Crippen LogP contribution in [0.1, 0.15) is 245 Å². The number of hydrogen-bond acceptors (Lipinski definition) is 6. The fourth-order valence-corrected chi connectivity index (χ4v) is 6.60. The van der Waals surface area contributed by atoms with Gasteiger partial charge in [0.2, 0.25) is 0 Å². The number of carboxylic acid groups (broad SMARTS) is 1. The van der Waals surface area contributed by atoms with E-state index >= 15 is 0 Å². The number of aliphatic carboxylic acids is 1. The summed E-state index contributed by atoms with van der Waals surface area (Å²) in [6, 6.07) is 0. The van der Waals surface area contributed by atoms with Gasteiger partial charge in [-0.3, -0.25) is 14.5 Å². The summed E-state index contributed by atoms with van der Waals surface area (Å²) in [7, 11) is 0. The van der Waals surface area contributed by atoms with Crippen molar-refractivity contribution in [3.63, 3.8) is 0 Å². The van der Waals surface area contributed by atoms with Crippen molar-refractivity contribution in [1.29, 1.82) is 0 Å². The molecule has 0 aromatic carbocycles. The minimum absolute atomic E-state index is 0.0295. The third-order valence-electron chi connectivity index (χ3n) is 9.84. The summed E-state index contributed by atoms with van der Waals surface area (Å²) in [6.45, 7) is 5.63. The molecule has 7 heteroatoms. The Morgan fingerprint density at radius 1 is 0.392 bits per heavy atom. The monoisotopic (exact) mass is 730 g/mol. The van der Waals surface area contributed by atoms with Crippen LogP contribution >= 0.6 is 0 Å². The number of unbranched alkanes of at least 4 members (excludes halogenated alkanes) is 33. The van der Waals surface area contributed by atoms with Crippen molar-refractivity contribution in [1.82, 2.24) is 5.23 Å². The fourth-order valence-electron chi connectivity index (χ4n) is 6.60. The predicted octanol–water partition coefficient (Wildman–Crippen LogP) is 13.3. The molecule has 0 rings (SSSR count). The molecule has 0 unspecified atom stereocenters. The van der Waals surface area contributed by atoms with Crippen LogP contribution in [-0.2, 0) is 14.5 Å². The first-order valence-corrected chi connectivity index (χ1v) is 22.6. The van der Waals surface area contributed by atoms with E-state index < -0.39 is 5.97 Å². The molecular weight excluding hydrogens is 638 g/mol. The summed E-state index contributed by atoms with van der Waals surface area (Å²) < 4.78 is 0. The number of rotatable bonds is 43. The highest BCUT2D eigenvalue weighted by molar-refractivity contribution is 5.66. The Kier molecular flexibility index (Phi) is 50.6. The van der Waals surface area contributed by atoms with Crippen LogP contribution < -0.4 is 0 Å². The zero-order valence-electron chi connectivity index (χ0n) is 34.5. The largest absolute Gasteiger partial charge is 0.481 e. The first-order valence-electron chi connectivity index (χ1n) is 22.6. The van der Waals surface area contributed by atoms with E-state index in [1.807, 2.05) is 0 Å². The van der Waals surface area contributed by atoms with Gasteiger partial charge in [-0.15, -0.1) is 0 Å². The van der Waals surface area contributed by atoms with Crippen molar-refractivity contribution in [3.8, 4) is 0 Å². The van der Waals surface area contributed by atoms with Crippen LogP contribution in [0.3, 0.4) is 0 Å². The van der Waals surface area contributed by atoms with Gasteiger partial charge >= 0.3 is 5.97 Å². The van der Waals surface area contributed by atoms with Gasteiger partial charge in [0.15, 0.2) is 0 Å². The van der Waals surface area contributed by atoms with Gasteiger partial charge in [0.25, 0.3) is 0 Å². The van der Waals surface area contributed by atoms with Gasteiger partial charge in [0.1, 0.15) is 0 Å². The van der Waals surface area contributed by atoms with Crippen molar-refractivity contribution >= 4 is 5.97 Å². The van der Waals surface area contributed by atoms with E-state index in [1.54, 1.807) is 0 Å². The second kappa shape index (κ2) is 49.3. The lowest BCUT2D eigenvalue weighted by Crippen LogP contribution is -2.28. The molecule has 0 amide bonds. The second-order valence-electron chi connectivity index (χ2n) is 15.0. The summed E-state index contributed by atoms with van der Waals surface area (Å²) in [5.74, 6) is -0.653. The first-order chi connectivity index (χ1) is 25.1. The summed E-state index contributed by atoms with van der Waals surface area (Å²) >= 11 is 0. The maximum Gasteiger partial charge on any atom is 0.303 e. The van der Waals surface area contributed by atoms with Gasteiger partial charge in [-0.2, -0.15) is 0 Å². The minimum Gasteiger partial charge on any atom is -0.481 e. The Balaban J connectivity index is 0. The minimum atomic E-state index is -0.653. The molecule has 0 spiro atoms. The van der Waals surface area contributed by atoms with Crippen LogP contribution in [0, 0.1) is 0 Å². The molecule has 0 aromatic heterocycles. The van der Waals surface area contributed by atoms with Crippen LogP contribution in [0.5, 0.6) is 0 Å². The highest BCUT2D eigenvalue weighted by Crippen LogP contribution is 2.16. The van der Waals surface area contributed by atoms with Crippen molar-refractivity contribution in [3.05, 3.63) is 0 Å². The normalized spacial score (nSPS) is 11.3. The number of nitrogens with zero attached hydrogens (tertiary/aromatic N) is 1.